The van der Waals surface area contributed by atoms with Gasteiger partial charge < -0.3 is 15.2 Å². The van der Waals surface area contributed by atoms with E-state index in [2.05, 4.69) is 10.4 Å². The Kier molecular flexibility index (Phi) is 4.63. The van der Waals surface area contributed by atoms with Gasteiger partial charge in [-0.25, -0.2) is 4.68 Å². The predicted octanol–water partition coefficient (Wildman–Crippen LogP) is 2.11. The third kappa shape index (κ3) is 3.11. The molecule has 0 saturated carbocycles. The van der Waals surface area contributed by atoms with Crippen LogP contribution in [0.25, 0.3) is 0 Å². The second-order valence-electron chi connectivity index (χ2n) is 4.71. The average Bonchev–Trinajstić information content (AvgIpc) is 2.73. The third-order valence-corrected chi connectivity index (χ3v) is 3.36. The zero-order valence-electron chi connectivity index (χ0n) is 12.2. The predicted molar refractivity (Wildman–Crippen MR) is 79.1 cm³/mol. The number of ether oxygens (including phenoxy) is 1. The standard InChI is InChI=1S/C15H21N3O2/c1-11-12(2)17-18(8-9-19)15(11)16-10-13-4-6-14(20-3)7-5-13/h4-7,16,19H,8-10H2,1-3H3. The molecule has 0 aliphatic heterocycles. The van der Waals surface area contributed by atoms with E-state index in [0.717, 1.165) is 22.8 Å². The lowest BCUT2D eigenvalue weighted by Gasteiger charge is -2.10. The van der Waals surface area contributed by atoms with Crippen LogP contribution in [0.2, 0.25) is 0 Å². The molecule has 5 nitrogen and oxygen atoms in total. The molecule has 2 rings (SSSR count). The first-order chi connectivity index (χ1) is 9.65. The van der Waals surface area contributed by atoms with Crippen molar-refractivity contribution in [2.75, 3.05) is 19.0 Å². The fourth-order valence-corrected chi connectivity index (χ4v) is 2.08. The van der Waals surface area contributed by atoms with Gasteiger partial charge in [0.1, 0.15) is 11.6 Å². The molecule has 0 atom stereocenters. The van der Waals surface area contributed by atoms with Crippen LogP contribution in [0.15, 0.2) is 24.3 Å². The molecule has 0 spiro atoms. The molecule has 1 heterocycles. The molecule has 0 unspecified atom stereocenters. The van der Waals surface area contributed by atoms with Gasteiger partial charge in [-0.15, -0.1) is 0 Å². The number of anilines is 1. The van der Waals surface area contributed by atoms with Gasteiger partial charge in [0.05, 0.1) is 26.0 Å². The molecule has 2 N–H and O–H groups in total. The highest BCUT2D eigenvalue weighted by molar-refractivity contribution is 5.47. The van der Waals surface area contributed by atoms with Crippen LogP contribution in [0, 0.1) is 13.8 Å². The molecule has 0 radical (unpaired) electrons. The minimum Gasteiger partial charge on any atom is -0.497 e. The molecule has 0 fully saturated rings. The van der Waals surface area contributed by atoms with E-state index in [1.807, 2.05) is 42.8 Å². The molecule has 5 heteroatoms. The van der Waals surface area contributed by atoms with Gasteiger partial charge in [0.2, 0.25) is 0 Å². The van der Waals surface area contributed by atoms with Crippen molar-refractivity contribution in [3.63, 3.8) is 0 Å². The number of nitrogens with zero attached hydrogens (tertiary/aromatic N) is 2. The van der Waals surface area contributed by atoms with Crippen LogP contribution in [0.1, 0.15) is 16.8 Å². The number of aromatic nitrogens is 2. The van der Waals surface area contributed by atoms with Gasteiger partial charge in [-0.1, -0.05) is 12.1 Å². The van der Waals surface area contributed by atoms with Crippen molar-refractivity contribution in [2.24, 2.45) is 0 Å². The molecular formula is C15H21N3O2. The molecule has 20 heavy (non-hydrogen) atoms. The number of hydrogen-bond donors (Lipinski definition) is 2. The van der Waals surface area contributed by atoms with Crippen LogP contribution in [-0.4, -0.2) is 28.6 Å². The number of hydrogen-bond acceptors (Lipinski definition) is 4. The van der Waals surface area contributed by atoms with E-state index < -0.39 is 0 Å². The normalized spacial score (nSPS) is 10.6. The summed E-state index contributed by atoms with van der Waals surface area (Å²) in [7, 11) is 1.66. The number of aliphatic hydroxyl groups is 1. The summed E-state index contributed by atoms with van der Waals surface area (Å²) < 4.78 is 6.96. The minimum atomic E-state index is 0.0811. The first-order valence-corrected chi connectivity index (χ1v) is 6.67. The largest absolute Gasteiger partial charge is 0.497 e. The molecule has 108 valence electrons. The summed E-state index contributed by atoms with van der Waals surface area (Å²) in [5.74, 6) is 1.82. The van der Waals surface area contributed by atoms with Crippen LogP contribution in [-0.2, 0) is 13.1 Å². The van der Waals surface area contributed by atoms with E-state index in [-0.39, 0.29) is 6.61 Å². The monoisotopic (exact) mass is 275 g/mol. The van der Waals surface area contributed by atoms with E-state index in [4.69, 9.17) is 9.84 Å². The average molecular weight is 275 g/mol. The Morgan fingerprint density at radius 1 is 1.25 bits per heavy atom. The van der Waals surface area contributed by atoms with Crippen molar-refractivity contribution in [2.45, 2.75) is 26.9 Å². The SMILES string of the molecule is COc1ccc(CNc2c(C)c(C)nn2CCO)cc1. The van der Waals surface area contributed by atoms with Crippen molar-refractivity contribution in [1.29, 1.82) is 0 Å². The lowest BCUT2D eigenvalue weighted by molar-refractivity contribution is 0.270. The lowest BCUT2D eigenvalue weighted by Crippen LogP contribution is -2.10. The summed E-state index contributed by atoms with van der Waals surface area (Å²) in [6, 6.07) is 7.95. The minimum absolute atomic E-state index is 0.0811. The Morgan fingerprint density at radius 3 is 2.55 bits per heavy atom. The molecule has 0 bridgehead atoms. The topological polar surface area (TPSA) is 59.3 Å². The van der Waals surface area contributed by atoms with Gasteiger partial charge in [-0.05, 0) is 31.5 Å². The highest BCUT2D eigenvalue weighted by Gasteiger charge is 2.10. The van der Waals surface area contributed by atoms with Crippen LogP contribution in [0.3, 0.4) is 0 Å². The summed E-state index contributed by atoms with van der Waals surface area (Å²) in [6.45, 7) is 5.30. The van der Waals surface area contributed by atoms with Gasteiger partial charge in [-0.3, -0.25) is 0 Å². The molecule has 0 saturated heterocycles. The number of nitrogens with one attached hydrogen (secondary N) is 1. The fourth-order valence-electron chi connectivity index (χ4n) is 2.08. The molecule has 0 aliphatic carbocycles. The highest BCUT2D eigenvalue weighted by atomic mass is 16.5. The maximum Gasteiger partial charge on any atom is 0.127 e. The Hall–Kier alpha value is -2.01. The zero-order valence-corrected chi connectivity index (χ0v) is 12.2. The number of methoxy groups -OCH3 is 1. The van der Waals surface area contributed by atoms with Crippen molar-refractivity contribution in [1.82, 2.24) is 9.78 Å². The van der Waals surface area contributed by atoms with E-state index >= 15 is 0 Å². The van der Waals surface area contributed by atoms with Crippen LogP contribution >= 0.6 is 0 Å². The summed E-state index contributed by atoms with van der Waals surface area (Å²) in [5, 5.41) is 16.9. The molecule has 1 aromatic heterocycles. The molecule has 0 aliphatic rings. The van der Waals surface area contributed by atoms with Crippen molar-refractivity contribution < 1.29 is 9.84 Å². The summed E-state index contributed by atoms with van der Waals surface area (Å²) in [5.41, 5.74) is 3.27. The quantitative estimate of drug-likeness (QED) is 0.847. The smallest absolute Gasteiger partial charge is 0.127 e. The Balaban J connectivity index is 2.09. The summed E-state index contributed by atoms with van der Waals surface area (Å²) in [6.07, 6.45) is 0. The Labute approximate surface area is 119 Å². The Morgan fingerprint density at radius 2 is 1.95 bits per heavy atom. The number of benzene rings is 1. The lowest BCUT2D eigenvalue weighted by atomic mass is 10.2. The van der Waals surface area contributed by atoms with E-state index in [1.165, 1.54) is 5.56 Å². The fraction of sp³-hybridized carbons (Fsp3) is 0.400. The van der Waals surface area contributed by atoms with Crippen LogP contribution < -0.4 is 10.1 Å². The van der Waals surface area contributed by atoms with E-state index in [9.17, 15) is 0 Å². The molecule has 1 aromatic carbocycles. The molecule has 2 aromatic rings. The molecular weight excluding hydrogens is 254 g/mol. The maximum atomic E-state index is 9.08. The number of rotatable bonds is 6. The van der Waals surface area contributed by atoms with Crippen LogP contribution in [0.5, 0.6) is 5.75 Å². The van der Waals surface area contributed by atoms with Gasteiger partial charge in [0.25, 0.3) is 0 Å². The Bertz CT molecular complexity index is 561. The van der Waals surface area contributed by atoms with E-state index in [1.54, 1.807) is 7.11 Å². The zero-order chi connectivity index (χ0) is 14.5. The van der Waals surface area contributed by atoms with Crippen molar-refractivity contribution >= 4 is 5.82 Å². The number of aliphatic hydroxyl groups excluding tert-OH is 1. The highest BCUT2D eigenvalue weighted by Crippen LogP contribution is 2.19. The first-order valence-electron chi connectivity index (χ1n) is 6.67. The maximum absolute atomic E-state index is 9.08. The molecule has 0 amide bonds. The van der Waals surface area contributed by atoms with Gasteiger partial charge >= 0.3 is 0 Å². The summed E-state index contributed by atoms with van der Waals surface area (Å²) >= 11 is 0. The third-order valence-electron chi connectivity index (χ3n) is 3.36. The van der Waals surface area contributed by atoms with Gasteiger partial charge in [0, 0.05) is 12.1 Å². The van der Waals surface area contributed by atoms with Gasteiger partial charge in [-0.2, -0.15) is 5.10 Å². The summed E-state index contributed by atoms with van der Waals surface area (Å²) in [4.78, 5) is 0. The second-order valence-corrected chi connectivity index (χ2v) is 4.71. The van der Waals surface area contributed by atoms with Crippen molar-refractivity contribution in [3.8, 4) is 5.75 Å². The van der Waals surface area contributed by atoms with Crippen molar-refractivity contribution in [3.05, 3.63) is 41.1 Å². The van der Waals surface area contributed by atoms with Gasteiger partial charge in [0.15, 0.2) is 0 Å². The first kappa shape index (κ1) is 14.4. The second kappa shape index (κ2) is 6.43. The number of aryl methyl sites for hydroxylation is 1. The van der Waals surface area contributed by atoms with Crippen LogP contribution in [0.4, 0.5) is 5.82 Å². The van der Waals surface area contributed by atoms with E-state index in [0.29, 0.717) is 13.1 Å².